The van der Waals surface area contributed by atoms with Crippen LogP contribution in [0.3, 0.4) is 0 Å². The molecule has 4 aromatic carbocycles. The lowest BCUT2D eigenvalue weighted by Crippen LogP contribution is -2.26. The normalized spacial score (nSPS) is 12.9. The second-order valence-electron chi connectivity index (χ2n) is 11.4. The highest BCUT2D eigenvalue weighted by Gasteiger charge is 2.28. The van der Waals surface area contributed by atoms with Gasteiger partial charge in [-0.1, -0.05) is 90.9 Å². The van der Waals surface area contributed by atoms with Gasteiger partial charge in [0.15, 0.2) is 11.5 Å². The molecule has 0 aliphatic carbocycles. The molecule has 0 atom stereocenters. The predicted molar refractivity (Wildman–Crippen MR) is 176 cm³/mol. The maximum atomic E-state index is 13.3. The number of fused-ring (bicyclic) bond motifs is 1. The summed E-state index contributed by atoms with van der Waals surface area (Å²) in [5.41, 5.74) is 8.24. The molecule has 7 nitrogen and oxygen atoms in total. The van der Waals surface area contributed by atoms with Crippen molar-refractivity contribution in [3.8, 4) is 33.9 Å². The lowest BCUT2D eigenvalue weighted by molar-refractivity contribution is 0.0947. The lowest BCUT2D eigenvalue weighted by Gasteiger charge is -2.25. The lowest BCUT2D eigenvalue weighted by atomic mass is 9.92. The van der Waals surface area contributed by atoms with E-state index in [-0.39, 0.29) is 11.6 Å². The number of benzene rings is 4. The van der Waals surface area contributed by atoms with Crippen molar-refractivity contribution in [1.29, 1.82) is 0 Å². The van der Waals surface area contributed by atoms with Gasteiger partial charge in [0.1, 0.15) is 24.7 Å². The Balaban J connectivity index is 1.47. The maximum absolute atomic E-state index is 13.3. The largest absolute Gasteiger partial charge is 0.488 e. The number of carbonyl (C=O) groups excluding carboxylic acids is 1. The van der Waals surface area contributed by atoms with Crippen LogP contribution in [-0.2, 0) is 32.6 Å². The number of aromatic nitrogens is 1. The van der Waals surface area contributed by atoms with E-state index in [2.05, 4.69) is 53.6 Å². The van der Waals surface area contributed by atoms with Gasteiger partial charge in [0.2, 0.25) is 0 Å². The van der Waals surface area contributed by atoms with Gasteiger partial charge in [-0.25, -0.2) is 0 Å². The fourth-order valence-corrected chi connectivity index (χ4v) is 5.77. The zero-order chi connectivity index (χ0) is 31.2. The molecular weight excluding hydrogens is 562 g/mol. The molecule has 1 aliphatic heterocycles. The Hall–Kier alpha value is -4.88. The predicted octanol–water partition coefficient (Wildman–Crippen LogP) is 7.47. The highest BCUT2D eigenvalue weighted by Crippen LogP contribution is 2.43. The van der Waals surface area contributed by atoms with E-state index in [0.29, 0.717) is 36.8 Å². The van der Waals surface area contributed by atoms with Gasteiger partial charge >= 0.3 is 0 Å². The molecule has 2 heterocycles. The van der Waals surface area contributed by atoms with E-state index in [1.807, 2.05) is 73.7 Å². The smallest absolute Gasteiger partial charge is 0.274 e. The molecule has 1 amide bonds. The summed E-state index contributed by atoms with van der Waals surface area (Å²) < 4.78 is 19.0. The van der Waals surface area contributed by atoms with Crippen LogP contribution in [0.4, 0.5) is 0 Å². The van der Waals surface area contributed by atoms with Crippen LogP contribution in [0, 0.1) is 0 Å². The minimum absolute atomic E-state index is 0.260. The van der Waals surface area contributed by atoms with Crippen LogP contribution < -0.4 is 14.8 Å². The number of rotatable bonds is 11. The number of hydrogen-bond acceptors (Lipinski definition) is 6. The highest BCUT2D eigenvalue weighted by molar-refractivity contribution is 6.02. The van der Waals surface area contributed by atoms with Gasteiger partial charge in [-0.3, -0.25) is 4.79 Å². The quantitative estimate of drug-likeness (QED) is 0.169. The van der Waals surface area contributed by atoms with E-state index < -0.39 is 0 Å². The molecule has 0 bridgehead atoms. The summed E-state index contributed by atoms with van der Waals surface area (Å²) in [6.07, 6.45) is 1.67. The second-order valence-corrected chi connectivity index (χ2v) is 11.4. The number of nitrogens with one attached hydrogen (secondary N) is 1. The fraction of sp³-hybridized carbons (Fsp3) is 0.263. The first-order chi connectivity index (χ1) is 22.0. The molecule has 0 spiro atoms. The summed E-state index contributed by atoms with van der Waals surface area (Å²) >= 11 is 0. The Morgan fingerprint density at radius 3 is 2.22 bits per heavy atom. The van der Waals surface area contributed by atoms with Crippen LogP contribution in [0.5, 0.6) is 11.5 Å². The van der Waals surface area contributed by atoms with Crippen LogP contribution in [-0.4, -0.2) is 36.1 Å². The minimum atomic E-state index is -0.273. The van der Waals surface area contributed by atoms with Crippen LogP contribution in [0.1, 0.15) is 52.2 Å². The first-order valence-corrected chi connectivity index (χ1v) is 15.6. The summed E-state index contributed by atoms with van der Waals surface area (Å²) in [7, 11) is 2.14. The molecule has 0 saturated carbocycles. The molecule has 0 radical (unpaired) electrons. The summed E-state index contributed by atoms with van der Waals surface area (Å²) in [6, 6.07) is 30.6. The molecule has 7 heteroatoms. The summed E-state index contributed by atoms with van der Waals surface area (Å²) in [5, 5.41) is 7.25. The van der Waals surface area contributed by atoms with Crippen molar-refractivity contribution in [3.63, 3.8) is 0 Å². The second kappa shape index (κ2) is 13.8. The average Bonchev–Trinajstić information content (AvgIpc) is 3.52. The van der Waals surface area contributed by atoms with Gasteiger partial charge in [0.05, 0.1) is 11.1 Å². The van der Waals surface area contributed by atoms with E-state index in [4.69, 9.17) is 14.0 Å². The molecule has 1 N–H and O–H groups in total. The number of nitrogens with zero attached hydrogens (tertiary/aromatic N) is 2. The Bertz CT molecular complexity index is 1770. The summed E-state index contributed by atoms with van der Waals surface area (Å²) in [6.45, 7) is 7.15. The van der Waals surface area contributed by atoms with E-state index in [1.54, 1.807) is 0 Å². The Labute approximate surface area is 264 Å². The first-order valence-electron chi connectivity index (χ1n) is 15.6. The highest BCUT2D eigenvalue weighted by atomic mass is 16.5. The summed E-state index contributed by atoms with van der Waals surface area (Å²) in [5.74, 6) is 1.57. The van der Waals surface area contributed by atoms with Crippen molar-refractivity contribution in [2.75, 3.05) is 20.1 Å². The number of amides is 1. The third-order valence-electron chi connectivity index (χ3n) is 8.21. The van der Waals surface area contributed by atoms with Crippen molar-refractivity contribution in [3.05, 3.63) is 125 Å². The topological polar surface area (TPSA) is 76.8 Å². The molecule has 1 aliphatic rings. The van der Waals surface area contributed by atoms with Gasteiger partial charge in [-0.2, -0.15) is 0 Å². The number of likely N-dealkylation sites (N-methyl/N-ethyl adjacent to an activating group) is 1. The van der Waals surface area contributed by atoms with Gasteiger partial charge in [0.25, 0.3) is 5.91 Å². The maximum Gasteiger partial charge on any atom is 0.274 e. The van der Waals surface area contributed by atoms with Crippen molar-refractivity contribution in [1.82, 2.24) is 15.4 Å². The van der Waals surface area contributed by atoms with Crippen molar-refractivity contribution in [2.45, 2.75) is 46.4 Å². The molecule has 230 valence electrons. The van der Waals surface area contributed by atoms with E-state index in [0.717, 1.165) is 59.5 Å². The monoisotopic (exact) mass is 601 g/mol. The van der Waals surface area contributed by atoms with E-state index in [9.17, 15) is 4.79 Å². The average molecular weight is 602 g/mol. The summed E-state index contributed by atoms with van der Waals surface area (Å²) in [4.78, 5) is 15.6. The third-order valence-corrected chi connectivity index (χ3v) is 8.21. The van der Waals surface area contributed by atoms with Gasteiger partial charge in [0, 0.05) is 25.7 Å². The molecule has 0 saturated heterocycles. The van der Waals surface area contributed by atoms with Crippen LogP contribution >= 0.6 is 0 Å². The third kappa shape index (κ3) is 6.79. The van der Waals surface area contributed by atoms with E-state index in [1.165, 1.54) is 11.1 Å². The number of ether oxygens (including phenoxy) is 2. The van der Waals surface area contributed by atoms with Crippen molar-refractivity contribution < 1.29 is 18.8 Å². The van der Waals surface area contributed by atoms with Crippen LogP contribution in [0.2, 0.25) is 0 Å². The number of carbonyl (C=O) groups is 1. The molecule has 45 heavy (non-hydrogen) atoms. The van der Waals surface area contributed by atoms with Crippen molar-refractivity contribution >= 4 is 5.91 Å². The zero-order valence-electron chi connectivity index (χ0n) is 26.1. The molecule has 6 rings (SSSR count). The minimum Gasteiger partial charge on any atom is -0.488 e. The molecule has 1 aromatic heterocycles. The molecule has 5 aromatic rings. The van der Waals surface area contributed by atoms with Gasteiger partial charge in [-0.05, 0) is 66.3 Å². The van der Waals surface area contributed by atoms with Crippen LogP contribution in [0.15, 0.2) is 95.5 Å². The molecule has 0 fully saturated rings. The van der Waals surface area contributed by atoms with Gasteiger partial charge in [-0.15, -0.1) is 0 Å². The zero-order valence-corrected chi connectivity index (χ0v) is 26.1. The van der Waals surface area contributed by atoms with Gasteiger partial charge < -0.3 is 24.2 Å². The van der Waals surface area contributed by atoms with Crippen LogP contribution in [0.25, 0.3) is 22.5 Å². The molecular formula is C38H39N3O4. The van der Waals surface area contributed by atoms with Crippen molar-refractivity contribution in [2.24, 2.45) is 0 Å². The standard InChI is InChI=1S/C38H39N3O4/c1-4-28-21-32(34(44-25-27-14-10-7-11-15-27)22-33(28)43-24-26-12-8-6-9-13-26)37-35(36(40-45-37)38(42)39-5-2)30-16-17-31-23-41(3)19-18-29(31)20-30/h6-17,20-22H,4-5,18-19,23-25H2,1-3H3,(H,39,42). The SMILES string of the molecule is CCNC(=O)c1noc(-c2cc(CC)c(OCc3ccccc3)cc2OCc2ccccc2)c1-c1ccc2c(c1)CCN(C)C2. The number of aryl methyl sites for hydroxylation is 1. The Morgan fingerprint density at radius 2 is 1.56 bits per heavy atom. The number of hydrogen-bond donors (Lipinski definition) is 1. The Kier molecular flexibility index (Phi) is 9.27. The Morgan fingerprint density at radius 1 is 0.867 bits per heavy atom. The molecule has 0 unspecified atom stereocenters. The fourth-order valence-electron chi connectivity index (χ4n) is 5.77. The first kappa shape index (κ1) is 30.2. The van der Waals surface area contributed by atoms with E-state index >= 15 is 0 Å².